The average molecular weight is 449 g/mol. The van der Waals surface area contributed by atoms with E-state index in [9.17, 15) is 0 Å². The molecule has 0 saturated carbocycles. The monoisotopic (exact) mass is 449 g/mol. The van der Waals surface area contributed by atoms with Crippen molar-refractivity contribution in [3.63, 3.8) is 0 Å². The Kier molecular flexibility index (Phi) is 9.04. The molecule has 0 radical (unpaired) electrons. The van der Waals surface area contributed by atoms with E-state index in [0.29, 0.717) is 18.5 Å². The van der Waals surface area contributed by atoms with Crippen molar-refractivity contribution in [3.05, 3.63) is 17.3 Å². The van der Waals surface area contributed by atoms with Crippen LogP contribution in [0.1, 0.15) is 44.0 Å². The summed E-state index contributed by atoms with van der Waals surface area (Å²) in [6.45, 7) is 12.3. The van der Waals surface area contributed by atoms with Gasteiger partial charge in [0.1, 0.15) is 5.76 Å². The number of halogens is 1. The number of piperidine rings is 1. The Hall–Kier alpha value is -0.830. The summed E-state index contributed by atoms with van der Waals surface area (Å²) < 4.78 is 5.58. The molecule has 0 spiro atoms. The van der Waals surface area contributed by atoms with Crippen LogP contribution < -0.4 is 10.6 Å². The van der Waals surface area contributed by atoms with Crippen LogP contribution in [0, 0.1) is 19.8 Å². The summed E-state index contributed by atoms with van der Waals surface area (Å²) in [7, 11) is 1.79. The van der Waals surface area contributed by atoms with Crippen molar-refractivity contribution in [1.29, 1.82) is 0 Å². The van der Waals surface area contributed by atoms with Gasteiger partial charge in [-0.15, -0.1) is 24.0 Å². The van der Waals surface area contributed by atoms with Crippen molar-refractivity contribution in [3.8, 4) is 0 Å². The van der Waals surface area contributed by atoms with Crippen LogP contribution in [0.15, 0.2) is 9.41 Å². The second-order valence-electron chi connectivity index (χ2n) is 6.62. The number of hydrogen-bond donors (Lipinski definition) is 2. The van der Waals surface area contributed by atoms with E-state index in [1.165, 1.54) is 25.9 Å². The van der Waals surface area contributed by atoms with Crippen molar-refractivity contribution in [2.45, 2.75) is 53.1 Å². The molecule has 0 aromatic carbocycles. The Morgan fingerprint density at radius 2 is 2.00 bits per heavy atom. The molecule has 2 rings (SSSR count). The normalized spacial score (nSPS) is 18.1. The first-order valence-corrected chi connectivity index (χ1v) is 8.61. The number of aryl methyl sites for hydroxylation is 2. The highest BCUT2D eigenvalue weighted by molar-refractivity contribution is 14.0. The first-order chi connectivity index (χ1) is 11.0. The minimum Gasteiger partial charge on any atom is -0.444 e. The minimum atomic E-state index is 0. The van der Waals surface area contributed by atoms with E-state index in [2.05, 4.69) is 39.4 Å². The van der Waals surface area contributed by atoms with E-state index in [1.54, 1.807) is 7.05 Å². The smallest absolute Gasteiger partial charge is 0.214 e. The van der Waals surface area contributed by atoms with E-state index in [0.717, 1.165) is 29.9 Å². The highest BCUT2D eigenvalue weighted by Gasteiger charge is 2.20. The fourth-order valence-corrected chi connectivity index (χ4v) is 2.84. The van der Waals surface area contributed by atoms with E-state index in [4.69, 9.17) is 4.42 Å². The van der Waals surface area contributed by atoms with Gasteiger partial charge in [0.25, 0.3) is 0 Å². The van der Waals surface area contributed by atoms with Crippen molar-refractivity contribution < 1.29 is 4.42 Å². The van der Waals surface area contributed by atoms with Crippen LogP contribution >= 0.6 is 24.0 Å². The number of aliphatic imine (C=N–C) groups is 1. The lowest BCUT2D eigenvalue weighted by molar-refractivity contribution is 0.147. The van der Waals surface area contributed by atoms with E-state index < -0.39 is 0 Å². The van der Waals surface area contributed by atoms with E-state index in [1.807, 2.05) is 13.8 Å². The molecule has 2 N–H and O–H groups in total. The van der Waals surface area contributed by atoms with Gasteiger partial charge in [0.05, 0.1) is 12.2 Å². The molecule has 1 unspecified atom stereocenters. The SMILES string of the molecule is CN=C(NCc1nc(C)c(C)o1)NCC(C)N1CCC(C)CC1.I. The summed E-state index contributed by atoms with van der Waals surface area (Å²) in [6.07, 6.45) is 2.61. The molecular formula is C17H32IN5O. The number of nitrogens with one attached hydrogen (secondary N) is 2. The predicted molar refractivity (Wildman–Crippen MR) is 109 cm³/mol. The van der Waals surface area contributed by atoms with Crippen LogP contribution in [0.25, 0.3) is 0 Å². The zero-order valence-corrected chi connectivity index (χ0v) is 17.9. The lowest BCUT2D eigenvalue weighted by atomic mass is 9.98. The molecule has 1 aromatic rings. The van der Waals surface area contributed by atoms with Gasteiger partial charge in [0.15, 0.2) is 5.96 Å². The van der Waals surface area contributed by atoms with Crippen molar-refractivity contribution in [2.75, 3.05) is 26.7 Å². The fraction of sp³-hybridized carbons (Fsp3) is 0.765. The lowest BCUT2D eigenvalue weighted by Gasteiger charge is -2.35. The number of hydrogen-bond acceptors (Lipinski definition) is 4. The Morgan fingerprint density at radius 3 is 2.54 bits per heavy atom. The van der Waals surface area contributed by atoms with Crippen LogP contribution in [0.2, 0.25) is 0 Å². The molecule has 1 aliphatic rings. The Morgan fingerprint density at radius 1 is 1.33 bits per heavy atom. The molecule has 2 heterocycles. The Labute approximate surface area is 162 Å². The number of nitrogens with zero attached hydrogens (tertiary/aromatic N) is 3. The summed E-state index contributed by atoms with van der Waals surface area (Å²) in [6, 6.07) is 0.507. The Bertz CT molecular complexity index is 504. The van der Waals surface area contributed by atoms with Gasteiger partial charge in [-0.05, 0) is 52.6 Å². The highest BCUT2D eigenvalue weighted by Crippen LogP contribution is 2.17. The molecule has 1 fully saturated rings. The van der Waals surface area contributed by atoms with Crippen molar-refractivity contribution >= 4 is 29.9 Å². The molecule has 6 nitrogen and oxygen atoms in total. The number of guanidine groups is 1. The maximum Gasteiger partial charge on any atom is 0.214 e. The van der Waals surface area contributed by atoms with E-state index in [-0.39, 0.29) is 24.0 Å². The molecule has 24 heavy (non-hydrogen) atoms. The van der Waals surface area contributed by atoms with Crippen LogP contribution in [-0.2, 0) is 6.54 Å². The molecule has 1 aromatic heterocycles. The molecule has 0 amide bonds. The first-order valence-electron chi connectivity index (χ1n) is 8.61. The number of rotatable bonds is 5. The number of likely N-dealkylation sites (tertiary alicyclic amines) is 1. The summed E-state index contributed by atoms with van der Waals surface area (Å²) >= 11 is 0. The van der Waals surface area contributed by atoms with Gasteiger partial charge in [-0.3, -0.25) is 9.89 Å². The quantitative estimate of drug-likeness (QED) is 0.411. The molecule has 1 saturated heterocycles. The molecule has 7 heteroatoms. The molecule has 0 aliphatic carbocycles. The Balaban J connectivity index is 0.00000288. The highest BCUT2D eigenvalue weighted by atomic mass is 127. The van der Waals surface area contributed by atoms with Gasteiger partial charge in [0.2, 0.25) is 5.89 Å². The summed E-state index contributed by atoms with van der Waals surface area (Å²) in [5, 5.41) is 6.65. The number of oxazole rings is 1. The van der Waals surface area contributed by atoms with E-state index >= 15 is 0 Å². The van der Waals surface area contributed by atoms with Crippen LogP contribution in [-0.4, -0.2) is 48.6 Å². The topological polar surface area (TPSA) is 65.7 Å². The van der Waals surface area contributed by atoms with Crippen LogP contribution in [0.3, 0.4) is 0 Å². The van der Waals surface area contributed by atoms with Gasteiger partial charge in [-0.1, -0.05) is 6.92 Å². The summed E-state index contributed by atoms with van der Waals surface area (Å²) in [5.41, 5.74) is 0.942. The molecule has 138 valence electrons. The largest absolute Gasteiger partial charge is 0.444 e. The van der Waals surface area contributed by atoms with Crippen LogP contribution in [0.4, 0.5) is 0 Å². The predicted octanol–water partition coefficient (Wildman–Crippen LogP) is 2.69. The molecule has 0 bridgehead atoms. The average Bonchev–Trinajstić information content (AvgIpc) is 2.86. The lowest BCUT2D eigenvalue weighted by Crippen LogP contribution is -2.48. The third kappa shape index (κ3) is 6.23. The van der Waals surface area contributed by atoms with Gasteiger partial charge >= 0.3 is 0 Å². The zero-order valence-electron chi connectivity index (χ0n) is 15.6. The third-order valence-electron chi connectivity index (χ3n) is 4.71. The number of aromatic nitrogens is 1. The van der Waals surface area contributed by atoms with Gasteiger partial charge in [0, 0.05) is 19.6 Å². The van der Waals surface area contributed by atoms with Gasteiger partial charge in [-0.2, -0.15) is 0 Å². The van der Waals surface area contributed by atoms with Crippen molar-refractivity contribution in [2.24, 2.45) is 10.9 Å². The first kappa shape index (κ1) is 21.2. The second kappa shape index (κ2) is 10.2. The maximum atomic E-state index is 5.58. The third-order valence-corrected chi connectivity index (χ3v) is 4.71. The second-order valence-corrected chi connectivity index (χ2v) is 6.62. The van der Waals surface area contributed by atoms with Gasteiger partial charge in [-0.25, -0.2) is 4.98 Å². The minimum absolute atomic E-state index is 0. The summed E-state index contributed by atoms with van der Waals surface area (Å²) in [5.74, 6) is 3.22. The molecular weight excluding hydrogens is 417 g/mol. The zero-order chi connectivity index (χ0) is 16.8. The molecule has 1 atom stereocenters. The fourth-order valence-electron chi connectivity index (χ4n) is 2.84. The molecule has 1 aliphatic heterocycles. The standard InChI is InChI=1S/C17H31N5O.HI/c1-12-6-8-22(9-7-12)13(2)10-19-17(18-5)20-11-16-21-14(3)15(4)23-16;/h12-13H,6-11H2,1-5H3,(H2,18,19,20);1H. The maximum absolute atomic E-state index is 5.58. The summed E-state index contributed by atoms with van der Waals surface area (Å²) in [4.78, 5) is 11.2. The van der Waals surface area contributed by atoms with Crippen LogP contribution in [0.5, 0.6) is 0 Å². The van der Waals surface area contributed by atoms with Gasteiger partial charge < -0.3 is 15.1 Å². The van der Waals surface area contributed by atoms with Crippen molar-refractivity contribution in [1.82, 2.24) is 20.5 Å².